The molecule has 0 aromatic heterocycles. The lowest BCUT2D eigenvalue weighted by molar-refractivity contribution is -0.116. The van der Waals surface area contributed by atoms with Crippen LogP contribution in [0.25, 0.3) is 5.57 Å². The monoisotopic (exact) mass is 580 g/mol. The van der Waals surface area contributed by atoms with Crippen molar-refractivity contribution in [2.75, 3.05) is 4.90 Å². The number of thioether (sulfide) groups is 1. The topological polar surface area (TPSA) is 49.4 Å². The number of nitrogens with zero attached hydrogens (tertiary/aromatic N) is 1. The second-order valence-corrected chi connectivity index (χ2v) is 12.2. The molecule has 0 bridgehead atoms. The van der Waals surface area contributed by atoms with E-state index in [1.165, 1.54) is 11.8 Å². The van der Waals surface area contributed by atoms with Crippen LogP contribution in [0.4, 0.5) is 5.69 Å². The fraction of sp³-hybridized carbons (Fsp3) is 0.261. The number of nitrogens with one attached hydrogen (secondary N) is 1. The van der Waals surface area contributed by atoms with Crippen LogP contribution in [0.15, 0.2) is 41.3 Å². The lowest BCUT2D eigenvalue weighted by Gasteiger charge is -2.49. The fourth-order valence-electron chi connectivity index (χ4n) is 5.17. The van der Waals surface area contributed by atoms with Crippen molar-refractivity contribution in [1.29, 1.82) is 0 Å². The molecule has 1 fully saturated rings. The maximum atomic E-state index is 13.7. The SMILES string of the molecule is CC1(c2ccc(Cl)cc2)CC(C)(C)N2C(=O)/C(=C3\SC(=S)NC3=O)c3cc(I)cc1c32. The third-order valence-electron chi connectivity index (χ3n) is 6.30. The van der Waals surface area contributed by atoms with E-state index in [2.05, 4.69) is 66.9 Å². The highest BCUT2D eigenvalue weighted by Crippen LogP contribution is 2.57. The smallest absolute Gasteiger partial charge is 0.264 e. The Balaban J connectivity index is 1.84. The van der Waals surface area contributed by atoms with Crippen molar-refractivity contribution >= 4 is 85.6 Å². The van der Waals surface area contributed by atoms with E-state index in [4.69, 9.17) is 23.8 Å². The van der Waals surface area contributed by atoms with Gasteiger partial charge in [-0.1, -0.05) is 54.6 Å². The molecule has 3 heterocycles. The zero-order chi connectivity index (χ0) is 22.3. The van der Waals surface area contributed by atoms with Crippen LogP contribution in [0.1, 0.15) is 43.9 Å². The highest BCUT2D eigenvalue weighted by atomic mass is 127. The molecule has 158 valence electrons. The molecule has 4 nitrogen and oxygen atoms in total. The Kier molecular flexibility index (Phi) is 4.86. The van der Waals surface area contributed by atoms with E-state index in [1.807, 2.05) is 23.1 Å². The predicted octanol–water partition coefficient (Wildman–Crippen LogP) is 5.64. The molecule has 3 aliphatic rings. The Morgan fingerprint density at radius 1 is 1.16 bits per heavy atom. The van der Waals surface area contributed by atoms with Gasteiger partial charge < -0.3 is 10.2 Å². The van der Waals surface area contributed by atoms with Gasteiger partial charge in [-0.05, 0) is 78.3 Å². The van der Waals surface area contributed by atoms with E-state index in [0.29, 0.717) is 19.8 Å². The number of anilines is 1. The van der Waals surface area contributed by atoms with Crippen molar-refractivity contribution in [2.24, 2.45) is 0 Å². The van der Waals surface area contributed by atoms with Gasteiger partial charge in [0, 0.05) is 25.1 Å². The number of hydrogen-bond acceptors (Lipinski definition) is 4. The zero-order valence-corrected chi connectivity index (χ0v) is 21.6. The van der Waals surface area contributed by atoms with Crippen LogP contribution in [0.3, 0.4) is 0 Å². The molecule has 3 aliphatic heterocycles. The van der Waals surface area contributed by atoms with Gasteiger partial charge in [0.2, 0.25) is 0 Å². The van der Waals surface area contributed by atoms with Gasteiger partial charge in [0.25, 0.3) is 11.8 Å². The van der Waals surface area contributed by atoms with Crippen LogP contribution in [0.2, 0.25) is 5.02 Å². The van der Waals surface area contributed by atoms with Crippen molar-refractivity contribution in [2.45, 2.75) is 38.1 Å². The lowest BCUT2D eigenvalue weighted by atomic mass is 9.65. The normalized spacial score (nSPS) is 26.4. The summed E-state index contributed by atoms with van der Waals surface area (Å²) in [7, 11) is 0. The van der Waals surface area contributed by atoms with Crippen molar-refractivity contribution in [3.8, 4) is 0 Å². The average molecular weight is 581 g/mol. The molecule has 0 radical (unpaired) electrons. The van der Waals surface area contributed by atoms with Crippen LogP contribution in [-0.4, -0.2) is 21.7 Å². The number of benzene rings is 2. The summed E-state index contributed by atoms with van der Waals surface area (Å²) in [5, 5.41) is 3.35. The van der Waals surface area contributed by atoms with E-state index >= 15 is 0 Å². The molecule has 31 heavy (non-hydrogen) atoms. The van der Waals surface area contributed by atoms with Gasteiger partial charge in [-0.3, -0.25) is 9.59 Å². The van der Waals surface area contributed by atoms with Crippen LogP contribution < -0.4 is 10.2 Å². The highest BCUT2D eigenvalue weighted by Gasteiger charge is 2.54. The molecule has 0 aliphatic carbocycles. The summed E-state index contributed by atoms with van der Waals surface area (Å²) in [6, 6.07) is 12.1. The minimum Gasteiger partial charge on any atom is -0.307 e. The number of thiocarbonyl (C=S) groups is 1. The first kappa shape index (κ1) is 21.4. The van der Waals surface area contributed by atoms with Crippen molar-refractivity contribution in [3.63, 3.8) is 0 Å². The van der Waals surface area contributed by atoms with E-state index in [9.17, 15) is 9.59 Å². The van der Waals surface area contributed by atoms with E-state index in [-0.39, 0.29) is 17.2 Å². The zero-order valence-electron chi connectivity index (χ0n) is 17.0. The van der Waals surface area contributed by atoms with Gasteiger partial charge in [-0.25, -0.2) is 0 Å². The van der Waals surface area contributed by atoms with E-state index in [1.54, 1.807) is 0 Å². The Morgan fingerprint density at radius 3 is 2.45 bits per heavy atom. The third-order valence-corrected chi connectivity index (χ3v) is 8.40. The molecule has 2 aromatic carbocycles. The summed E-state index contributed by atoms with van der Waals surface area (Å²) in [6.07, 6.45) is 0.736. The fourth-order valence-corrected chi connectivity index (χ4v) is 7.03. The summed E-state index contributed by atoms with van der Waals surface area (Å²) < 4.78 is 1.40. The molecular formula is C23H18ClIN2O2S2. The van der Waals surface area contributed by atoms with Gasteiger partial charge >= 0.3 is 0 Å². The predicted molar refractivity (Wildman–Crippen MR) is 138 cm³/mol. The highest BCUT2D eigenvalue weighted by molar-refractivity contribution is 14.1. The Morgan fingerprint density at radius 2 is 1.84 bits per heavy atom. The van der Waals surface area contributed by atoms with Gasteiger partial charge in [-0.15, -0.1) is 0 Å². The van der Waals surface area contributed by atoms with Gasteiger partial charge in [-0.2, -0.15) is 0 Å². The number of rotatable bonds is 1. The number of hydrogen-bond donors (Lipinski definition) is 1. The first-order valence-corrected chi connectivity index (χ1v) is 12.4. The van der Waals surface area contributed by atoms with Crippen LogP contribution in [-0.2, 0) is 15.0 Å². The molecule has 1 N–H and O–H groups in total. The maximum absolute atomic E-state index is 13.7. The van der Waals surface area contributed by atoms with Crippen LogP contribution in [0.5, 0.6) is 0 Å². The summed E-state index contributed by atoms with van der Waals surface area (Å²) in [5.41, 5.74) is 3.61. The first-order chi connectivity index (χ1) is 14.5. The van der Waals surface area contributed by atoms with Gasteiger partial charge in [0.1, 0.15) is 4.32 Å². The molecule has 2 aromatic rings. The average Bonchev–Trinajstić information content (AvgIpc) is 3.15. The summed E-state index contributed by atoms with van der Waals surface area (Å²) in [6.45, 7) is 6.40. The Bertz CT molecular complexity index is 1240. The standard InChI is InChI=1S/C23H18ClIN2O2S2/c1-22(2)10-23(3,11-4-6-12(24)7-5-11)15-9-13(25)8-14-16(20(29)27(22)17(14)15)18-19(28)26-21(30)31-18/h4-9H,10H2,1-3H3,(H,26,28,30)/b18-16-. The molecule has 0 saturated carbocycles. The second-order valence-electron chi connectivity index (χ2n) is 8.87. The maximum Gasteiger partial charge on any atom is 0.264 e. The lowest BCUT2D eigenvalue weighted by Crippen LogP contribution is -2.54. The molecule has 1 saturated heterocycles. The number of carbonyl (C=O) groups excluding carboxylic acids is 2. The molecule has 0 spiro atoms. The summed E-state index contributed by atoms with van der Waals surface area (Å²) in [4.78, 5) is 28.6. The molecular weight excluding hydrogens is 563 g/mol. The molecule has 1 unspecified atom stereocenters. The van der Waals surface area contributed by atoms with Gasteiger partial charge in [0.15, 0.2) is 0 Å². The molecule has 5 rings (SSSR count). The minimum atomic E-state index is -0.456. The second kappa shape index (κ2) is 7.04. The van der Waals surface area contributed by atoms with Crippen LogP contribution >= 0.6 is 58.2 Å². The molecule has 2 amide bonds. The van der Waals surface area contributed by atoms with Crippen molar-refractivity contribution < 1.29 is 9.59 Å². The quantitative estimate of drug-likeness (QED) is 0.270. The first-order valence-electron chi connectivity index (χ1n) is 9.75. The molecule has 8 heteroatoms. The number of halogens is 2. The Labute approximate surface area is 208 Å². The van der Waals surface area contributed by atoms with Crippen molar-refractivity contribution in [3.05, 3.63) is 66.6 Å². The molecule has 1 atom stereocenters. The largest absolute Gasteiger partial charge is 0.307 e. The van der Waals surface area contributed by atoms with Crippen LogP contribution in [0, 0.1) is 3.57 Å². The number of amides is 2. The third kappa shape index (κ3) is 3.11. The number of carbonyl (C=O) groups is 2. The van der Waals surface area contributed by atoms with E-state index in [0.717, 1.165) is 32.4 Å². The van der Waals surface area contributed by atoms with Crippen molar-refractivity contribution in [1.82, 2.24) is 5.32 Å². The van der Waals surface area contributed by atoms with E-state index < -0.39 is 5.54 Å². The Hall–Kier alpha value is -1.42. The summed E-state index contributed by atoms with van der Waals surface area (Å²) >= 11 is 14.8. The van der Waals surface area contributed by atoms with Gasteiger partial charge in [0.05, 0.1) is 16.2 Å². The summed E-state index contributed by atoms with van der Waals surface area (Å²) in [5.74, 6) is -0.437. The minimum absolute atomic E-state index is 0.135.